The predicted octanol–water partition coefficient (Wildman–Crippen LogP) is -1.43. The summed E-state index contributed by atoms with van der Waals surface area (Å²) in [5, 5.41) is 27.3. The van der Waals surface area contributed by atoms with Crippen LogP contribution in [0.2, 0.25) is 0 Å². The summed E-state index contributed by atoms with van der Waals surface area (Å²) in [5.74, 6) is 0. The molecule has 2 unspecified atom stereocenters. The Morgan fingerprint density at radius 3 is 2.09 bits per heavy atom. The number of ether oxygens (including phenoxy) is 1. The highest BCUT2D eigenvalue weighted by molar-refractivity contribution is 4.93. The molecular weight excluding hydrogens is 148 g/mol. The van der Waals surface area contributed by atoms with Crippen molar-refractivity contribution in [3.63, 3.8) is 0 Å². The van der Waals surface area contributed by atoms with Gasteiger partial charge in [-0.1, -0.05) is 0 Å². The van der Waals surface area contributed by atoms with Crippen molar-refractivity contribution >= 4 is 0 Å². The zero-order valence-corrected chi connectivity index (χ0v) is 6.21. The average Bonchev–Trinajstić information content (AvgIpc) is 2.17. The molecular formula is C7H12O4. The van der Waals surface area contributed by atoms with Crippen LogP contribution in [0, 0.1) is 6.92 Å². The van der Waals surface area contributed by atoms with Gasteiger partial charge in [-0.3, -0.25) is 0 Å². The molecule has 2 radical (unpaired) electrons. The van der Waals surface area contributed by atoms with Crippen LogP contribution in [0.3, 0.4) is 0 Å². The van der Waals surface area contributed by atoms with Gasteiger partial charge in [0.25, 0.3) is 0 Å². The third kappa shape index (κ3) is 1.54. The van der Waals surface area contributed by atoms with E-state index in [1.807, 2.05) is 0 Å². The zero-order chi connectivity index (χ0) is 8.59. The van der Waals surface area contributed by atoms with Crippen LogP contribution in [-0.2, 0) is 4.74 Å². The van der Waals surface area contributed by atoms with Crippen molar-refractivity contribution in [3.05, 3.63) is 6.92 Å². The Bertz CT molecular complexity index is 136. The molecule has 64 valence electrons. The van der Waals surface area contributed by atoms with Gasteiger partial charge in [0.15, 0.2) is 0 Å². The molecule has 1 rings (SSSR count). The van der Waals surface area contributed by atoms with Gasteiger partial charge in [-0.15, -0.1) is 0 Å². The summed E-state index contributed by atoms with van der Waals surface area (Å²) in [6.07, 6.45) is -4.70. The molecule has 0 aliphatic carbocycles. The van der Waals surface area contributed by atoms with Crippen molar-refractivity contribution in [2.24, 2.45) is 0 Å². The third-order valence-electron chi connectivity index (χ3n) is 1.81. The summed E-state index contributed by atoms with van der Waals surface area (Å²) in [6.45, 7) is 6.72. The van der Waals surface area contributed by atoms with Crippen LogP contribution in [-0.4, -0.2) is 45.8 Å². The lowest BCUT2D eigenvalue weighted by atomic mass is 10.1. The van der Waals surface area contributed by atoms with Crippen LogP contribution >= 0.6 is 0 Å². The summed E-state index contributed by atoms with van der Waals surface area (Å²) in [7, 11) is 0. The molecule has 0 aromatic rings. The predicted molar refractivity (Wildman–Crippen MR) is 36.7 cm³/mol. The topological polar surface area (TPSA) is 69.9 Å². The highest BCUT2D eigenvalue weighted by Gasteiger charge is 2.42. The van der Waals surface area contributed by atoms with Crippen LogP contribution in [0.25, 0.3) is 0 Å². The van der Waals surface area contributed by atoms with E-state index in [-0.39, 0.29) is 0 Å². The number of aliphatic hydroxyl groups excluding tert-OH is 3. The fourth-order valence-corrected chi connectivity index (χ4v) is 1.13. The number of hydrogen-bond donors (Lipinski definition) is 3. The van der Waals surface area contributed by atoms with Gasteiger partial charge < -0.3 is 20.1 Å². The lowest BCUT2D eigenvalue weighted by Gasteiger charge is -2.16. The molecule has 1 heterocycles. The summed E-state index contributed by atoms with van der Waals surface area (Å²) in [4.78, 5) is 0. The first kappa shape index (κ1) is 8.93. The molecule has 0 aromatic carbocycles. The maximum absolute atomic E-state index is 9.18. The second kappa shape index (κ2) is 3.06. The van der Waals surface area contributed by atoms with Gasteiger partial charge in [0.05, 0.1) is 12.2 Å². The van der Waals surface area contributed by atoms with Crippen LogP contribution in [0.1, 0.15) is 6.92 Å². The summed E-state index contributed by atoms with van der Waals surface area (Å²) < 4.78 is 4.88. The molecule has 0 aromatic heterocycles. The normalized spacial score (nSPS) is 47.7. The number of rotatable bonds is 1. The smallest absolute Gasteiger partial charge is 0.112 e. The fraction of sp³-hybridized carbons (Fsp3) is 0.857. The summed E-state index contributed by atoms with van der Waals surface area (Å²) in [5.41, 5.74) is 0. The lowest BCUT2D eigenvalue weighted by Crippen LogP contribution is -2.37. The van der Waals surface area contributed by atoms with E-state index in [1.165, 1.54) is 6.92 Å². The van der Waals surface area contributed by atoms with Crippen molar-refractivity contribution in [3.8, 4) is 0 Å². The second-order valence-corrected chi connectivity index (χ2v) is 2.79. The van der Waals surface area contributed by atoms with Gasteiger partial charge in [0, 0.05) is 0 Å². The third-order valence-corrected chi connectivity index (χ3v) is 1.81. The molecule has 1 aliphatic heterocycles. The minimum absolute atomic E-state index is 0.778. The maximum Gasteiger partial charge on any atom is 0.112 e. The Morgan fingerprint density at radius 2 is 1.91 bits per heavy atom. The molecule has 0 saturated carbocycles. The summed E-state index contributed by atoms with van der Waals surface area (Å²) >= 11 is 0. The van der Waals surface area contributed by atoms with Gasteiger partial charge in [-0.25, -0.2) is 0 Å². The van der Waals surface area contributed by atoms with E-state index in [9.17, 15) is 5.11 Å². The molecule has 4 heteroatoms. The monoisotopic (exact) mass is 160 g/mol. The standard InChI is InChI=1S/C7H12O4/c1-3(8)7-6(10)5(9)4(2)11-7/h2-10H,1H3/t3?,4-,5?,6+,7-/m0/s1. The van der Waals surface area contributed by atoms with Crippen LogP contribution in [0.5, 0.6) is 0 Å². The highest BCUT2D eigenvalue weighted by Crippen LogP contribution is 2.22. The Morgan fingerprint density at radius 1 is 1.36 bits per heavy atom. The average molecular weight is 160 g/mol. The van der Waals surface area contributed by atoms with Crippen LogP contribution in [0.4, 0.5) is 0 Å². The molecule has 3 N–H and O–H groups in total. The molecule has 4 nitrogen and oxygen atoms in total. The van der Waals surface area contributed by atoms with E-state index in [0.29, 0.717) is 0 Å². The number of aliphatic hydroxyl groups is 3. The minimum Gasteiger partial charge on any atom is -0.391 e. The molecule has 1 fully saturated rings. The first-order valence-corrected chi connectivity index (χ1v) is 3.49. The van der Waals surface area contributed by atoms with Crippen molar-refractivity contribution in [1.29, 1.82) is 0 Å². The van der Waals surface area contributed by atoms with Gasteiger partial charge in [0.2, 0.25) is 0 Å². The Hall–Kier alpha value is -0.160. The Balaban J connectivity index is 2.59. The largest absolute Gasteiger partial charge is 0.391 e. The number of hydrogen-bond acceptors (Lipinski definition) is 4. The van der Waals surface area contributed by atoms with Crippen molar-refractivity contribution < 1.29 is 20.1 Å². The van der Waals surface area contributed by atoms with Gasteiger partial charge in [-0.2, -0.15) is 0 Å². The maximum atomic E-state index is 9.18. The lowest BCUT2D eigenvalue weighted by molar-refractivity contribution is -0.0508. The van der Waals surface area contributed by atoms with Gasteiger partial charge in [0.1, 0.15) is 18.3 Å². The van der Waals surface area contributed by atoms with Crippen LogP contribution < -0.4 is 0 Å². The molecule has 1 saturated heterocycles. The Kier molecular flexibility index (Phi) is 2.49. The molecule has 1 aliphatic rings. The van der Waals surface area contributed by atoms with E-state index in [2.05, 4.69) is 0 Å². The van der Waals surface area contributed by atoms with Crippen molar-refractivity contribution in [2.45, 2.75) is 37.4 Å². The SMILES string of the molecule is [CH][C@@H]1O[C@@H](C(C)O)[C@H](O)C1O. The van der Waals surface area contributed by atoms with Crippen LogP contribution in [0.15, 0.2) is 0 Å². The van der Waals surface area contributed by atoms with Gasteiger partial charge >= 0.3 is 0 Å². The molecule has 5 atom stereocenters. The van der Waals surface area contributed by atoms with Crippen molar-refractivity contribution in [1.82, 2.24) is 0 Å². The second-order valence-electron chi connectivity index (χ2n) is 2.79. The molecule has 0 spiro atoms. The van der Waals surface area contributed by atoms with E-state index in [0.717, 1.165) is 0 Å². The molecule has 11 heavy (non-hydrogen) atoms. The minimum atomic E-state index is -1.10. The van der Waals surface area contributed by atoms with E-state index >= 15 is 0 Å². The Labute approximate surface area is 65.4 Å². The molecule has 0 amide bonds. The van der Waals surface area contributed by atoms with Gasteiger partial charge in [-0.05, 0) is 13.8 Å². The van der Waals surface area contributed by atoms with E-state index in [1.54, 1.807) is 0 Å². The zero-order valence-electron chi connectivity index (χ0n) is 6.21. The van der Waals surface area contributed by atoms with E-state index in [4.69, 9.17) is 21.9 Å². The first-order valence-electron chi connectivity index (χ1n) is 3.49. The van der Waals surface area contributed by atoms with E-state index < -0.39 is 30.5 Å². The fourth-order valence-electron chi connectivity index (χ4n) is 1.13. The quantitative estimate of drug-likeness (QED) is 0.439. The highest BCUT2D eigenvalue weighted by atomic mass is 16.6. The van der Waals surface area contributed by atoms with Crippen molar-refractivity contribution in [2.75, 3.05) is 0 Å². The summed E-state index contributed by atoms with van der Waals surface area (Å²) in [6, 6.07) is 0. The molecule has 0 bridgehead atoms. The first-order chi connectivity index (χ1) is 5.04.